The number of hydrazone groups is 1. The van der Waals surface area contributed by atoms with E-state index in [2.05, 4.69) is 34.3 Å². The molecule has 1 heterocycles. The second kappa shape index (κ2) is 7.64. The summed E-state index contributed by atoms with van der Waals surface area (Å²) in [7, 11) is 0. The summed E-state index contributed by atoms with van der Waals surface area (Å²) >= 11 is 13.4. The van der Waals surface area contributed by atoms with Crippen LogP contribution in [0.3, 0.4) is 0 Å². The largest absolute Gasteiger partial charge is 0.349 e. The van der Waals surface area contributed by atoms with Crippen molar-refractivity contribution in [3.63, 3.8) is 0 Å². The lowest BCUT2D eigenvalue weighted by molar-refractivity contribution is 0.860. The number of nitrogens with one attached hydrogen (secondary N) is 1. The first-order valence-corrected chi connectivity index (χ1v) is 8.16. The zero-order chi connectivity index (χ0) is 15.2. The van der Waals surface area contributed by atoms with E-state index in [1.54, 1.807) is 29.7 Å². The van der Waals surface area contributed by atoms with E-state index in [-0.39, 0.29) is 0 Å². The number of thiazole rings is 1. The van der Waals surface area contributed by atoms with Crippen LogP contribution in [0.25, 0.3) is 0 Å². The van der Waals surface area contributed by atoms with Gasteiger partial charge in [-0.05, 0) is 32.0 Å². The van der Waals surface area contributed by atoms with Gasteiger partial charge < -0.3 is 4.90 Å². The maximum Gasteiger partial charge on any atom is 0.185 e. The summed E-state index contributed by atoms with van der Waals surface area (Å²) in [4.78, 5) is 7.59. The molecule has 0 radical (unpaired) electrons. The highest BCUT2D eigenvalue weighted by Crippen LogP contribution is 2.25. The molecule has 0 saturated heterocycles. The third kappa shape index (κ3) is 4.33. The average molecular weight is 343 g/mol. The number of benzene rings is 1. The van der Waals surface area contributed by atoms with Gasteiger partial charge in [-0.2, -0.15) is 5.10 Å². The maximum absolute atomic E-state index is 5.94. The van der Waals surface area contributed by atoms with Gasteiger partial charge in [0.15, 0.2) is 5.13 Å². The Morgan fingerprint density at radius 3 is 2.71 bits per heavy atom. The van der Waals surface area contributed by atoms with Crippen molar-refractivity contribution in [2.24, 2.45) is 5.10 Å². The molecule has 112 valence electrons. The molecule has 2 rings (SSSR count). The van der Waals surface area contributed by atoms with Crippen LogP contribution in [0.1, 0.15) is 18.7 Å². The molecule has 0 aliphatic carbocycles. The van der Waals surface area contributed by atoms with Crippen LogP contribution in [0, 0.1) is 0 Å². The van der Waals surface area contributed by atoms with E-state index in [1.807, 2.05) is 12.3 Å². The first-order chi connectivity index (χ1) is 10.1. The Morgan fingerprint density at radius 2 is 2.05 bits per heavy atom. The molecule has 0 aliphatic heterocycles. The van der Waals surface area contributed by atoms with Crippen LogP contribution in [0.15, 0.2) is 29.5 Å². The molecule has 0 atom stereocenters. The van der Waals surface area contributed by atoms with Crippen LogP contribution in [0.5, 0.6) is 0 Å². The Balaban J connectivity index is 1.99. The quantitative estimate of drug-likeness (QED) is 0.608. The van der Waals surface area contributed by atoms with Crippen molar-refractivity contribution in [1.82, 2.24) is 4.98 Å². The second-order valence-electron chi connectivity index (χ2n) is 4.22. The molecule has 1 aromatic carbocycles. The van der Waals surface area contributed by atoms with Crippen molar-refractivity contribution in [3.8, 4) is 0 Å². The first-order valence-electron chi connectivity index (χ1n) is 6.59. The number of nitrogens with zero attached hydrogens (tertiary/aromatic N) is 3. The predicted octanol–water partition coefficient (Wildman–Crippen LogP) is 4.74. The highest BCUT2D eigenvalue weighted by atomic mass is 35.5. The number of anilines is 2. The van der Waals surface area contributed by atoms with E-state index >= 15 is 0 Å². The van der Waals surface area contributed by atoms with Gasteiger partial charge >= 0.3 is 0 Å². The molecule has 0 unspecified atom stereocenters. The highest BCUT2D eigenvalue weighted by molar-refractivity contribution is 7.17. The molecule has 0 fully saturated rings. The molecule has 0 bridgehead atoms. The molecule has 2 aromatic rings. The number of rotatable bonds is 6. The van der Waals surface area contributed by atoms with Gasteiger partial charge in [-0.15, -0.1) is 0 Å². The fourth-order valence-corrected chi connectivity index (χ4v) is 2.93. The van der Waals surface area contributed by atoms with Crippen molar-refractivity contribution in [1.29, 1.82) is 0 Å². The minimum absolute atomic E-state index is 0.499. The minimum atomic E-state index is 0.499. The molecule has 0 spiro atoms. The topological polar surface area (TPSA) is 40.5 Å². The average Bonchev–Trinajstić information content (AvgIpc) is 2.93. The van der Waals surface area contributed by atoms with Crippen LogP contribution in [-0.2, 0) is 0 Å². The summed E-state index contributed by atoms with van der Waals surface area (Å²) in [5.41, 5.74) is 3.71. The molecule has 0 saturated carbocycles. The minimum Gasteiger partial charge on any atom is -0.349 e. The fourth-order valence-electron chi connectivity index (χ4n) is 1.71. The molecule has 0 amide bonds. The van der Waals surface area contributed by atoms with Crippen LogP contribution in [-0.4, -0.2) is 24.3 Å². The van der Waals surface area contributed by atoms with Crippen LogP contribution >= 0.6 is 34.5 Å². The van der Waals surface area contributed by atoms with Crippen molar-refractivity contribution in [2.45, 2.75) is 13.8 Å². The van der Waals surface area contributed by atoms with Gasteiger partial charge in [-0.3, -0.25) is 5.43 Å². The Morgan fingerprint density at radius 1 is 1.29 bits per heavy atom. The standard InChI is InChI=1S/C14H16Cl2N4S/c1-3-20(4-2)14-17-8-11(21-14)9-18-19-10-5-6-12(15)13(16)7-10/h5-9,19H,3-4H2,1-2H3. The monoisotopic (exact) mass is 342 g/mol. The summed E-state index contributed by atoms with van der Waals surface area (Å²) in [6.45, 7) is 6.12. The van der Waals surface area contributed by atoms with E-state index < -0.39 is 0 Å². The normalized spacial score (nSPS) is 11.0. The zero-order valence-corrected chi connectivity index (χ0v) is 14.1. The maximum atomic E-state index is 5.94. The Kier molecular flexibility index (Phi) is 5.85. The van der Waals surface area contributed by atoms with Gasteiger partial charge in [-0.1, -0.05) is 34.5 Å². The predicted molar refractivity (Wildman–Crippen MR) is 93.4 cm³/mol. The van der Waals surface area contributed by atoms with Gasteiger partial charge in [0.25, 0.3) is 0 Å². The highest BCUT2D eigenvalue weighted by Gasteiger charge is 2.06. The van der Waals surface area contributed by atoms with E-state index in [0.717, 1.165) is 28.8 Å². The van der Waals surface area contributed by atoms with E-state index in [4.69, 9.17) is 23.2 Å². The van der Waals surface area contributed by atoms with E-state index in [1.165, 1.54) is 0 Å². The van der Waals surface area contributed by atoms with Crippen LogP contribution < -0.4 is 10.3 Å². The Hall–Kier alpha value is -1.30. The summed E-state index contributed by atoms with van der Waals surface area (Å²) in [5, 5.41) is 6.22. The third-order valence-electron chi connectivity index (χ3n) is 2.85. The Bertz CT molecular complexity index is 623. The SMILES string of the molecule is CCN(CC)c1ncc(C=NNc2ccc(Cl)c(Cl)c2)s1. The number of halogens is 2. The van der Waals surface area contributed by atoms with Crippen molar-refractivity contribution in [2.75, 3.05) is 23.4 Å². The number of aromatic nitrogens is 1. The van der Waals surface area contributed by atoms with Crippen LogP contribution in [0.4, 0.5) is 10.8 Å². The number of hydrogen-bond donors (Lipinski definition) is 1. The van der Waals surface area contributed by atoms with E-state index in [9.17, 15) is 0 Å². The lowest BCUT2D eigenvalue weighted by Gasteiger charge is -2.16. The first kappa shape index (κ1) is 16.1. The zero-order valence-electron chi connectivity index (χ0n) is 11.8. The van der Waals surface area contributed by atoms with Crippen molar-refractivity contribution < 1.29 is 0 Å². The summed E-state index contributed by atoms with van der Waals surface area (Å²) in [5.74, 6) is 0. The summed E-state index contributed by atoms with van der Waals surface area (Å²) in [6.07, 6.45) is 3.56. The molecule has 1 aromatic heterocycles. The molecular formula is C14H16Cl2N4S. The molecule has 0 aliphatic rings. The molecular weight excluding hydrogens is 327 g/mol. The molecule has 7 heteroatoms. The number of hydrogen-bond acceptors (Lipinski definition) is 5. The molecule has 4 nitrogen and oxygen atoms in total. The summed E-state index contributed by atoms with van der Waals surface area (Å²) in [6, 6.07) is 5.28. The van der Waals surface area contributed by atoms with Crippen LogP contribution in [0.2, 0.25) is 10.0 Å². The Labute approximate surface area is 138 Å². The fraction of sp³-hybridized carbons (Fsp3) is 0.286. The lowest BCUT2D eigenvalue weighted by atomic mass is 10.3. The van der Waals surface area contributed by atoms with Gasteiger partial charge in [0.1, 0.15) is 0 Å². The van der Waals surface area contributed by atoms with Gasteiger partial charge in [-0.25, -0.2) is 4.98 Å². The molecule has 21 heavy (non-hydrogen) atoms. The van der Waals surface area contributed by atoms with Crippen molar-refractivity contribution >= 4 is 51.6 Å². The smallest absolute Gasteiger partial charge is 0.185 e. The van der Waals surface area contributed by atoms with Gasteiger partial charge in [0.2, 0.25) is 0 Å². The lowest BCUT2D eigenvalue weighted by Crippen LogP contribution is -2.21. The summed E-state index contributed by atoms with van der Waals surface area (Å²) < 4.78 is 0. The van der Waals surface area contributed by atoms with Gasteiger partial charge in [0.05, 0.1) is 26.8 Å². The molecule has 1 N–H and O–H groups in total. The third-order valence-corrected chi connectivity index (χ3v) is 4.58. The van der Waals surface area contributed by atoms with E-state index in [0.29, 0.717) is 10.0 Å². The van der Waals surface area contributed by atoms with Crippen molar-refractivity contribution in [3.05, 3.63) is 39.3 Å². The van der Waals surface area contributed by atoms with Gasteiger partial charge in [0, 0.05) is 19.3 Å². The second-order valence-corrected chi connectivity index (χ2v) is 6.07.